The summed E-state index contributed by atoms with van der Waals surface area (Å²) in [7, 11) is 0. The molecule has 0 aliphatic carbocycles. The van der Waals surface area contributed by atoms with Crippen molar-refractivity contribution in [3.05, 3.63) is 54.4 Å². The van der Waals surface area contributed by atoms with E-state index >= 15 is 0 Å². The molecule has 30 heavy (non-hydrogen) atoms. The second-order valence-corrected chi connectivity index (χ2v) is 7.61. The van der Waals surface area contributed by atoms with Crippen molar-refractivity contribution < 1.29 is 9.47 Å². The lowest BCUT2D eigenvalue weighted by Crippen LogP contribution is -1.98. The molecule has 1 aromatic carbocycles. The van der Waals surface area contributed by atoms with Gasteiger partial charge in [0.05, 0.1) is 19.0 Å². The molecular weight excluding hydrogens is 372 g/mol. The van der Waals surface area contributed by atoms with Crippen molar-refractivity contribution in [1.82, 2.24) is 9.97 Å². The molecule has 0 spiro atoms. The van der Waals surface area contributed by atoms with Crippen LogP contribution in [-0.4, -0.2) is 29.8 Å². The zero-order valence-corrected chi connectivity index (χ0v) is 18.8. The van der Waals surface area contributed by atoms with Crippen LogP contribution in [0.1, 0.15) is 70.8 Å². The minimum Gasteiger partial charge on any atom is -0.490 e. The maximum Gasteiger partial charge on any atom is 0.159 e. The number of ether oxygens (including phenoxy) is 2. The summed E-state index contributed by atoms with van der Waals surface area (Å²) in [6, 6.07) is 8.58. The van der Waals surface area contributed by atoms with E-state index in [1.54, 1.807) is 12.4 Å². The van der Waals surface area contributed by atoms with Gasteiger partial charge in [-0.2, -0.15) is 0 Å². The van der Waals surface area contributed by atoms with Crippen LogP contribution in [0.25, 0.3) is 11.4 Å². The van der Waals surface area contributed by atoms with E-state index in [9.17, 15) is 0 Å². The summed E-state index contributed by atoms with van der Waals surface area (Å²) in [6.07, 6.45) is 18.3. The number of rotatable bonds is 16. The average molecular weight is 411 g/mol. The molecular formula is C26H38N2O2. The first-order valence-corrected chi connectivity index (χ1v) is 11.6. The number of aromatic nitrogens is 2. The van der Waals surface area contributed by atoms with E-state index in [0.29, 0.717) is 6.61 Å². The van der Waals surface area contributed by atoms with Crippen molar-refractivity contribution >= 4 is 0 Å². The Morgan fingerprint density at radius 1 is 0.767 bits per heavy atom. The number of hydrogen-bond donors (Lipinski definition) is 0. The van der Waals surface area contributed by atoms with Crippen LogP contribution in [0.3, 0.4) is 0 Å². The summed E-state index contributed by atoms with van der Waals surface area (Å²) >= 11 is 0. The first-order valence-electron chi connectivity index (χ1n) is 11.6. The molecule has 0 radical (unpaired) electrons. The van der Waals surface area contributed by atoms with Crippen LogP contribution < -0.4 is 4.74 Å². The fourth-order valence-electron chi connectivity index (χ4n) is 3.12. The topological polar surface area (TPSA) is 44.2 Å². The number of allylic oxidation sites excluding steroid dienone is 1. The summed E-state index contributed by atoms with van der Waals surface area (Å²) in [5, 5.41) is 0. The minimum atomic E-state index is 0.657. The van der Waals surface area contributed by atoms with Gasteiger partial charge in [-0.1, -0.05) is 69.5 Å². The molecule has 0 N–H and O–H groups in total. The highest BCUT2D eigenvalue weighted by Gasteiger charge is 2.03. The van der Waals surface area contributed by atoms with Crippen molar-refractivity contribution in [2.24, 2.45) is 0 Å². The van der Waals surface area contributed by atoms with Gasteiger partial charge < -0.3 is 9.47 Å². The smallest absolute Gasteiger partial charge is 0.159 e. The lowest BCUT2D eigenvalue weighted by atomic mass is 10.0. The van der Waals surface area contributed by atoms with E-state index in [0.717, 1.165) is 62.5 Å². The van der Waals surface area contributed by atoms with Gasteiger partial charge in [0.2, 0.25) is 0 Å². The van der Waals surface area contributed by atoms with E-state index in [4.69, 9.17) is 9.47 Å². The van der Waals surface area contributed by atoms with Gasteiger partial charge in [0.1, 0.15) is 0 Å². The first-order chi connectivity index (χ1) is 14.8. The van der Waals surface area contributed by atoms with Crippen molar-refractivity contribution in [2.45, 2.75) is 71.6 Å². The fraction of sp³-hybridized carbons (Fsp3) is 0.538. The van der Waals surface area contributed by atoms with Gasteiger partial charge in [0.25, 0.3) is 0 Å². The van der Waals surface area contributed by atoms with E-state index in [1.165, 1.54) is 31.2 Å². The van der Waals surface area contributed by atoms with Crippen molar-refractivity contribution in [3.8, 4) is 17.1 Å². The van der Waals surface area contributed by atoms with Gasteiger partial charge in [-0.25, -0.2) is 9.97 Å². The summed E-state index contributed by atoms with van der Waals surface area (Å²) in [4.78, 5) is 8.92. The Hall–Kier alpha value is -2.20. The molecule has 0 amide bonds. The maximum atomic E-state index is 5.72. The van der Waals surface area contributed by atoms with E-state index in [-0.39, 0.29) is 0 Å². The van der Waals surface area contributed by atoms with Crippen LogP contribution in [0.5, 0.6) is 5.75 Å². The Bertz CT molecular complexity index is 696. The number of nitrogens with zero attached hydrogens (tertiary/aromatic N) is 2. The SMILES string of the molecule is CCCCC=CCCOc1cnc(-c2ccc(CCCCCOCCC)cc2)nc1. The highest BCUT2D eigenvalue weighted by Crippen LogP contribution is 2.18. The highest BCUT2D eigenvalue weighted by atomic mass is 16.5. The normalized spacial score (nSPS) is 11.3. The molecule has 0 unspecified atom stereocenters. The lowest BCUT2D eigenvalue weighted by molar-refractivity contribution is 0.130. The molecule has 0 atom stereocenters. The molecule has 2 aromatic rings. The van der Waals surface area contributed by atoms with Gasteiger partial charge in [-0.15, -0.1) is 0 Å². The monoisotopic (exact) mass is 410 g/mol. The number of unbranched alkanes of at least 4 members (excludes halogenated alkanes) is 4. The molecule has 1 heterocycles. The van der Waals surface area contributed by atoms with Gasteiger partial charge in [0.15, 0.2) is 11.6 Å². The highest BCUT2D eigenvalue weighted by molar-refractivity contribution is 5.55. The minimum absolute atomic E-state index is 0.657. The van der Waals surface area contributed by atoms with Gasteiger partial charge in [0, 0.05) is 18.8 Å². The third kappa shape index (κ3) is 10.0. The summed E-state index contributed by atoms with van der Waals surface area (Å²) < 4.78 is 11.3. The molecule has 4 heteroatoms. The maximum absolute atomic E-state index is 5.72. The summed E-state index contributed by atoms with van der Waals surface area (Å²) in [6.45, 7) is 6.78. The molecule has 0 saturated carbocycles. The molecule has 0 aliphatic heterocycles. The second-order valence-electron chi connectivity index (χ2n) is 7.61. The number of hydrogen-bond acceptors (Lipinski definition) is 4. The lowest BCUT2D eigenvalue weighted by Gasteiger charge is -2.06. The molecule has 1 aromatic heterocycles. The van der Waals surface area contributed by atoms with Gasteiger partial charge in [-0.05, 0) is 44.1 Å². The van der Waals surface area contributed by atoms with E-state index < -0.39 is 0 Å². The van der Waals surface area contributed by atoms with E-state index in [2.05, 4.69) is 60.2 Å². The number of aryl methyl sites for hydroxylation is 1. The quantitative estimate of drug-likeness (QED) is 0.225. The Morgan fingerprint density at radius 3 is 2.27 bits per heavy atom. The average Bonchev–Trinajstić information content (AvgIpc) is 2.79. The Labute approximate surface area is 182 Å². The third-order valence-corrected chi connectivity index (χ3v) is 4.89. The fourth-order valence-corrected chi connectivity index (χ4v) is 3.12. The van der Waals surface area contributed by atoms with Crippen molar-refractivity contribution in [1.29, 1.82) is 0 Å². The molecule has 0 fully saturated rings. The van der Waals surface area contributed by atoms with Gasteiger partial charge >= 0.3 is 0 Å². The van der Waals surface area contributed by atoms with Crippen LogP contribution in [-0.2, 0) is 11.2 Å². The standard InChI is InChI=1S/C26H38N2O2/c1-3-5-6-7-8-12-20-30-25-21-27-26(28-22-25)24-16-14-23(15-17-24)13-10-9-11-19-29-18-4-2/h7-8,14-17,21-22H,3-6,9-13,18-20H2,1-2H3. The van der Waals surface area contributed by atoms with Crippen LogP contribution in [0.15, 0.2) is 48.8 Å². The predicted molar refractivity (Wildman–Crippen MR) is 125 cm³/mol. The van der Waals surface area contributed by atoms with Crippen LogP contribution in [0, 0.1) is 0 Å². The summed E-state index contributed by atoms with van der Waals surface area (Å²) in [5.74, 6) is 1.46. The third-order valence-electron chi connectivity index (χ3n) is 4.89. The Balaban J connectivity index is 1.68. The zero-order valence-electron chi connectivity index (χ0n) is 18.8. The molecule has 0 aliphatic rings. The molecule has 164 valence electrons. The summed E-state index contributed by atoms with van der Waals surface area (Å²) in [5.41, 5.74) is 2.40. The van der Waals surface area contributed by atoms with Crippen molar-refractivity contribution in [2.75, 3.05) is 19.8 Å². The van der Waals surface area contributed by atoms with Crippen LogP contribution >= 0.6 is 0 Å². The van der Waals surface area contributed by atoms with Crippen molar-refractivity contribution in [3.63, 3.8) is 0 Å². The number of benzene rings is 1. The van der Waals surface area contributed by atoms with Crippen LogP contribution in [0.2, 0.25) is 0 Å². The molecule has 2 rings (SSSR count). The van der Waals surface area contributed by atoms with Gasteiger partial charge in [-0.3, -0.25) is 0 Å². The Morgan fingerprint density at radius 2 is 1.53 bits per heavy atom. The van der Waals surface area contributed by atoms with E-state index in [1.807, 2.05) is 0 Å². The molecule has 0 saturated heterocycles. The Kier molecular flexibility index (Phi) is 12.5. The molecule has 4 nitrogen and oxygen atoms in total. The molecule has 0 bridgehead atoms. The predicted octanol–water partition coefficient (Wildman–Crippen LogP) is 6.80. The largest absolute Gasteiger partial charge is 0.490 e. The second kappa shape index (κ2) is 15.6. The first kappa shape index (κ1) is 24.1. The zero-order chi connectivity index (χ0) is 21.3. The van der Waals surface area contributed by atoms with Crippen LogP contribution in [0.4, 0.5) is 0 Å².